The van der Waals surface area contributed by atoms with Crippen molar-refractivity contribution in [1.82, 2.24) is 29.0 Å². The highest BCUT2D eigenvalue weighted by atomic mass is 35.5. The first-order chi connectivity index (χ1) is 16.6. The molecule has 0 spiro atoms. The number of aryl methyl sites for hydroxylation is 1. The van der Waals surface area contributed by atoms with Crippen molar-refractivity contribution in [1.29, 1.82) is 5.41 Å². The molecule has 0 unspecified atom stereocenters. The molecule has 0 saturated heterocycles. The third kappa shape index (κ3) is 3.80. The summed E-state index contributed by atoms with van der Waals surface area (Å²) < 4.78 is 2.45. The molecule has 1 aromatic carbocycles. The minimum Gasteiger partial charge on any atom is -0.324 e. The maximum absolute atomic E-state index is 13.2. The van der Waals surface area contributed by atoms with Crippen LogP contribution < -0.4 is 16.5 Å². The second-order valence-electron chi connectivity index (χ2n) is 9.12. The van der Waals surface area contributed by atoms with Gasteiger partial charge in [-0.25, -0.2) is 19.3 Å². The molecule has 0 fully saturated rings. The van der Waals surface area contributed by atoms with E-state index in [-0.39, 0.29) is 26.9 Å². The summed E-state index contributed by atoms with van der Waals surface area (Å²) >= 11 is 12.5. The van der Waals surface area contributed by atoms with E-state index in [0.29, 0.717) is 17.0 Å². The Morgan fingerprint density at radius 1 is 1.14 bits per heavy atom. The van der Waals surface area contributed by atoms with E-state index in [1.807, 2.05) is 6.07 Å². The molecule has 0 atom stereocenters. The lowest BCUT2D eigenvalue weighted by atomic mass is 9.83. The van der Waals surface area contributed by atoms with E-state index in [1.54, 1.807) is 7.05 Å². The fourth-order valence-electron chi connectivity index (χ4n) is 4.50. The van der Waals surface area contributed by atoms with Crippen molar-refractivity contribution in [3.63, 3.8) is 0 Å². The molecule has 3 aromatic heterocycles. The highest BCUT2D eigenvalue weighted by Gasteiger charge is 2.31. The molecule has 4 heterocycles. The van der Waals surface area contributed by atoms with Crippen LogP contribution in [-0.4, -0.2) is 42.6 Å². The Hall–Kier alpha value is -3.27. The van der Waals surface area contributed by atoms with Crippen LogP contribution in [0.2, 0.25) is 10.2 Å². The molecular weight excluding hydrogens is 487 g/mol. The van der Waals surface area contributed by atoms with Gasteiger partial charge in [0.2, 0.25) is 5.95 Å². The van der Waals surface area contributed by atoms with Gasteiger partial charge < -0.3 is 5.32 Å². The third-order valence-electron chi connectivity index (χ3n) is 6.79. The number of aromatic nitrogens is 5. The van der Waals surface area contributed by atoms with Crippen LogP contribution in [0.5, 0.6) is 0 Å². The van der Waals surface area contributed by atoms with E-state index in [4.69, 9.17) is 28.6 Å². The second kappa shape index (κ2) is 8.44. The van der Waals surface area contributed by atoms with Gasteiger partial charge in [0.15, 0.2) is 10.8 Å². The number of fused-ring (bicyclic) bond motifs is 2. The predicted molar refractivity (Wildman–Crippen MR) is 137 cm³/mol. The summed E-state index contributed by atoms with van der Waals surface area (Å²) in [5, 5.41) is 12.5. The fraction of sp³-hybridized carbons (Fsp3) is 0.292. The number of hydrogen-bond acceptors (Lipinski definition) is 7. The molecule has 0 bridgehead atoms. The average molecular weight is 511 g/mol. The molecule has 1 aliphatic rings. The van der Waals surface area contributed by atoms with Gasteiger partial charge in [-0.3, -0.25) is 14.9 Å². The smallest absolute Gasteiger partial charge is 0.324 e. The normalized spacial score (nSPS) is 15.3. The molecule has 0 aliphatic carbocycles. The van der Waals surface area contributed by atoms with Crippen LogP contribution in [0.4, 0.5) is 11.6 Å². The quantitative estimate of drug-likeness (QED) is 0.406. The number of pyridine rings is 1. The number of halogens is 2. The van der Waals surface area contributed by atoms with Crippen molar-refractivity contribution in [2.24, 2.45) is 7.05 Å². The number of nitrogens with one attached hydrogen (secondary N) is 2. The van der Waals surface area contributed by atoms with E-state index in [9.17, 15) is 4.79 Å². The second-order valence-corrected chi connectivity index (χ2v) is 9.88. The first-order valence-corrected chi connectivity index (χ1v) is 11.8. The summed E-state index contributed by atoms with van der Waals surface area (Å²) in [6.45, 7) is 5.43. The van der Waals surface area contributed by atoms with Gasteiger partial charge in [0.05, 0.1) is 10.4 Å². The van der Waals surface area contributed by atoms with E-state index in [2.05, 4.69) is 58.2 Å². The lowest BCUT2D eigenvalue weighted by molar-refractivity contribution is 0.143. The zero-order chi connectivity index (χ0) is 25.1. The van der Waals surface area contributed by atoms with Crippen LogP contribution in [0.1, 0.15) is 25.0 Å². The molecular formula is C24H24Cl2N8O. The molecule has 11 heteroatoms. The van der Waals surface area contributed by atoms with Crippen LogP contribution in [0.15, 0.2) is 41.5 Å². The van der Waals surface area contributed by atoms with Crippen molar-refractivity contribution in [2.75, 3.05) is 18.9 Å². The Bertz CT molecular complexity index is 1590. The molecule has 9 nitrogen and oxygen atoms in total. The summed E-state index contributed by atoms with van der Waals surface area (Å²) in [6.07, 6.45) is 3.90. The van der Waals surface area contributed by atoms with E-state index >= 15 is 0 Å². The van der Waals surface area contributed by atoms with Gasteiger partial charge in [-0.05, 0) is 56.6 Å². The van der Waals surface area contributed by atoms with Crippen molar-refractivity contribution in [3.05, 3.63) is 73.9 Å². The number of hydrogen-bond donors (Lipinski definition) is 2. The molecule has 4 aromatic rings. The highest BCUT2D eigenvalue weighted by molar-refractivity contribution is 6.37. The summed E-state index contributed by atoms with van der Waals surface area (Å²) in [4.78, 5) is 28.5. The van der Waals surface area contributed by atoms with E-state index in [1.165, 1.54) is 34.2 Å². The number of anilines is 2. The SMILES string of the molecule is CN1CCc2cc(Nc3ncc4c(=N)n(-c5c(Cl)ccnc5Cl)c(=O)n(C)c4n3)ccc2C1(C)C. The van der Waals surface area contributed by atoms with E-state index < -0.39 is 5.69 Å². The first-order valence-electron chi connectivity index (χ1n) is 11.0. The molecule has 180 valence electrons. The van der Waals surface area contributed by atoms with Gasteiger partial charge >= 0.3 is 5.69 Å². The zero-order valence-corrected chi connectivity index (χ0v) is 21.2. The Balaban J connectivity index is 1.57. The number of nitrogens with zero attached hydrogens (tertiary/aromatic N) is 6. The highest BCUT2D eigenvalue weighted by Crippen LogP contribution is 2.35. The van der Waals surface area contributed by atoms with Crippen LogP contribution in [-0.2, 0) is 19.0 Å². The largest absolute Gasteiger partial charge is 0.335 e. The molecule has 1 aliphatic heterocycles. The monoisotopic (exact) mass is 510 g/mol. The van der Waals surface area contributed by atoms with Gasteiger partial charge in [-0.2, -0.15) is 4.98 Å². The Morgan fingerprint density at radius 2 is 1.91 bits per heavy atom. The van der Waals surface area contributed by atoms with Crippen LogP contribution in [0.3, 0.4) is 0 Å². The topological polar surface area (TPSA) is 105 Å². The van der Waals surface area contributed by atoms with Crippen LogP contribution in [0.25, 0.3) is 16.7 Å². The van der Waals surface area contributed by atoms with Crippen LogP contribution >= 0.6 is 23.2 Å². The minimum absolute atomic E-state index is 0.0217. The summed E-state index contributed by atoms with van der Waals surface area (Å²) in [6, 6.07) is 7.78. The van der Waals surface area contributed by atoms with E-state index in [0.717, 1.165) is 23.2 Å². The zero-order valence-electron chi connectivity index (χ0n) is 19.7. The van der Waals surface area contributed by atoms with Crippen molar-refractivity contribution in [3.8, 4) is 5.69 Å². The number of likely N-dealkylation sites (N-methyl/N-ethyl adjacent to an activating group) is 1. The molecule has 0 saturated carbocycles. The minimum atomic E-state index is -0.524. The Morgan fingerprint density at radius 3 is 2.66 bits per heavy atom. The molecule has 2 N–H and O–H groups in total. The van der Waals surface area contributed by atoms with Crippen molar-refractivity contribution < 1.29 is 0 Å². The third-order valence-corrected chi connectivity index (χ3v) is 7.37. The van der Waals surface area contributed by atoms with Crippen molar-refractivity contribution >= 4 is 45.9 Å². The Labute approximate surface area is 211 Å². The van der Waals surface area contributed by atoms with Crippen LogP contribution in [0, 0.1) is 5.41 Å². The molecule has 0 radical (unpaired) electrons. The maximum Gasteiger partial charge on any atom is 0.335 e. The average Bonchev–Trinajstić information content (AvgIpc) is 2.82. The number of rotatable bonds is 3. The lowest BCUT2D eigenvalue weighted by Crippen LogP contribution is -2.43. The summed E-state index contributed by atoms with van der Waals surface area (Å²) in [7, 11) is 3.72. The molecule has 0 amide bonds. The standard InChI is InChI=1S/C24H24Cl2N8O/c1-24(2)16-6-5-14(11-13(16)8-10-32(24)3)30-22-29-12-15-20(27)34(23(35)33(4)21(15)31-22)18-17(25)7-9-28-19(18)26/h5-7,9,11-12,27H,8,10H2,1-4H3,(H,29,30,31). The Kier molecular flexibility index (Phi) is 5.66. The predicted octanol–water partition coefficient (Wildman–Crippen LogP) is 3.77. The number of benzene rings is 1. The van der Waals surface area contributed by atoms with Crippen molar-refractivity contribution in [2.45, 2.75) is 25.8 Å². The summed E-state index contributed by atoms with van der Waals surface area (Å²) in [5.41, 5.74) is 3.21. The molecule has 35 heavy (non-hydrogen) atoms. The maximum atomic E-state index is 13.2. The first kappa shape index (κ1) is 23.5. The van der Waals surface area contributed by atoms with Gasteiger partial charge in [0, 0.05) is 37.2 Å². The van der Waals surface area contributed by atoms with Gasteiger partial charge in [-0.15, -0.1) is 0 Å². The fourth-order valence-corrected chi connectivity index (χ4v) is 5.02. The van der Waals surface area contributed by atoms with Gasteiger partial charge in [0.25, 0.3) is 0 Å². The lowest BCUT2D eigenvalue weighted by Gasteiger charge is -2.41. The summed E-state index contributed by atoms with van der Waals surface area (Å²) in [5.74, 6) is 0.328. The molecule has 5 rings (SSSR count). The van der Waals surface area contributed by atoms with Gasteiger partial charge in [-0.1, -0.05) is 29.3 Å². The van der Waals surface area contributed by atoms with Gasteiger partial charge in [0.1, 0.15) is 11.2 Å².